The van der Waals surface area contributed by atoms with Gasteiger partial charge in [-0.3, -0.25) is 9.79 Å². The molecule has 6 nitrogen and oxygen atoms in total. The fraction of sp³-hybridized carbons (Fsp3) is 0.625. The average molecular weight is 432 g/mol. The molecule has 0 spiro atoms. The number of aliphatic imine (C=N–C) groups is 1. The van der Waals surface area contributed by atoms with Gasteiger partial charge in [-0.2, -0.15) is 0 Å². The average Bonchev–Trinajstić information content (AvgIpc) is 3.19. The third-order valence-electron chi connectivity index (χ3n) is 4.13. The molecule has 2 aliphatic rings. The molecular formula is C16H25IN4O2. The normalized spacial score (nSPS) is 18.6. The summed E-state index contributed by atoms with van der Waals surface area (Å²) < 4.78 is 5.35. The zero-order valence-electron chi connectivity index (χ0n) is 13.5. The smallest absolute Gasteiger partial charge is 0.219 e. The molecule has 1 saturated heterocycles. The lowest BCUT2D eigenvalue weighted by molar-refractivity contribution is -0.130. The maximum Gasteiger partial charge on any atom is 0.219 e. The molecule has 1 aromatic rings. The van der Waals surface area contributed by atoms with Crippen LogP contribution in [0.15, 0.2) is 27.8 Å². The van der Waals surface area contributed by atoms with Crippen molar-refractivity contribution in [3.63, 3.8) is 0 Å². The van der Waals surface area contributed by atoms with Gasteiger partial charge in [0.25, 0.3) is 0 Å². The quantitative estimate of drug-likeness (QED) is 0.447. The Morgan fingerprint density at radius 1 is 1.30 bits per heavy atom. The van der Waals surface area contributed by atoms with Gasteiger partial charge in [0.2, 0.25) is 5.91 Å². The molecule has 1 N–H and O–H groups in total. The van der Waals surface area contributed by atoms with Gasteiger partial charge in [0.1, 0.15) is 5.76 Å². The van der Waals surface area contributed by atoms with Gasteiger partial charge in [-0.25, -0.2) is 0 Å². The third kappa shape index (κ3) is 5.40. The highest BCUT2D eigenvalue weighted by molar-refractivity contribution is 14.0. The minimum absolute atomic E-state index is 0. The van der Waals surface area contributed by atoms with Gasteiger partial charge in [0.05, 0.1) is 6.26 Å². The Labute approximate surface area is 154 Å². The molecule has 0 aromatic carbocycles. The maximum absolute atomic E-state index is 11.4. The molecule has 7 heteroatoms. The molecule has 0 radical (unpaired) electrons. The number of nitrogens with zero attached hydrogens (tertiary/aromatic N) is 3. The summed E-state index contributed by atoms with van der Waals surface area (Å²) in [5.74, 6) is 2.11. The molecule has 3 rings (SSSR count). The standard InChI is InChI=1S/C16H24N4O2.HI/c1-13(21)19-8-10-20(11-9-19)16(18-14-4-5-14)17-7-6-15-3-2-12-22-15;/h2-3,12,14H,4-11H2,1H3,(H,17,18);1H. The van der Waals surface area contributed by atoms with Crippen LogP contribution in [0.2, 0.25) is 0 Å². The van der Waals surface area contributed by atoms with Crippen molar-refractivity contribution in [2.75, 3.05) is 32.7 Å². The molecule has 2 fully saturated rings. The maximum atomic E-state index is 11.4. The number of hydrogen-bond donors (Lipinski definition) is 1. The van der Waals surface area contributed by atoms with Gasteiger partial charge >= 0.3 is 0 Å². The molecule has 1 aliphatic carbocycles. The van der Waals surface area contributed by atoms with Gasteiger partial charge in [-0.05, 0) is 25.0 Å². The topological polar surface area (TPSA) is 61.1 Å². The first-order valence-electron chi connectivity index (χ1n) is 8.06. The number of carbonyl (C=O) groups is 1. The van der Waals surface area contributed by atoms with Crippen molar-refractivity contribution in [3.05, 3.63) is 24.2 Å². The Hall–Kier alpha value is -1.25. The summed E-state index contributed by atoms with van der Waals surface area (Å²) in [4.78, 5) is 20.3. The van der Waals surface area contributed by atoms with Crippen LogP contribution in [0.5, 0.6) is 0 Å². The SMILES string of the molecule is CC(=O)N1CCN(C(=NCCc2ccco2)NC2CC2)CC1.I. The molecule has 1 saturated carbocycles. The minimum atomic E-state index is 0. The van der Waals surface area contributed by atoms with Gasteiger partial charge in [-0.15, -0.1) is 24.0 Å². The van der Waals surface area contributed by atoms with E-state index in [1.165, 1.54) is 12.8 Å². The predicted octanol–water partition coefficient (Wildman–Crippen LogP) is 1.71. The number of furan rings is 1. The second-order valence-electron chi connectivity index (χ2n) is 5.95. The fourth-order valence-electron chi connectivity index (χ4n) is 2.61. The van der Waals surface area contributed by atoms with Crippen LogP contribution < -0.4 is 5.32 Å². The zero-order chi connectivity index (χ0) is 15.4. The number of amides is 1. The van der Waals surface area contributed by atoms with Crippen LogP contribution in [-0.2, 0) is 11.2 Å². The van der Waals surface area contributed by atoms with Crippen LogP contribution in [0.1, 0.15) is 25.5 Å². The van der Waals surface area contributed by atoms with Gasteiger partial charge < -0.3 is 19.5 Å². The van der Waals surface area contributed by atoms with Crippen molar-refractivity contribution in [2.45, 2.75) is 32.2 Å². The Morgan fingerprint density at radius 3 is 2.57 bits per heavy atom. The van der Waals surface area contributed by atoms with E-state index < -0.39 is 0 Å². The summed E-state index contributed by atoms with van der Waals surface area (Å²) in [6, 6.07) is 4.46. The predicted molar refractivity (Wildman–Crippen MR) is 100 cm³/mol. The number of piperazine rings is 1. The number of nitrogens with one attached hydrogen (secondary N) is 1. The molecule has 0 unspecified atom stereocenters. The largest absolute Gasteiger partial charge is 0.469 e. The van der Waals surface area contributed by atoms with E-state index in [2.05, 4.69) is 10.2 Å². The Kier molecular flexibility index (Phi) is 6.73. The Bertz CT molecular complexity index is 520. The molecular weight excluding hydrogens is 407 g/mol. The van der Waals surface area contributed by atoms with Crippen LogP contribution in [0.25, 0.3) is 0 Å². The second kappa shape index (κ2) is 8.56. The van der Waals surface area contributed by atoms with E-state index in [1.54, 1.807) is 13.2 Å². The van der Waals surface area contributed by atoms with Crippen molar-refractivity contribution in [2.24, 2.45) is 4.99 Å². The number of hydrogen-bond acceptors (Lipinski definition) is 3. The van der Waals surface area contributed by atoms with Crippen molar-refractivity contribution in [1.82, 2.24) is 15.1 Å². The monoisotopic (exact) mass is 432 g/mol. The lowest BCUT2D eigenvalue weighted by Crippen LogP contribution is -2.53. The minimum Gasteiger partial charge on any atom is -0.469 e. The van der Waals surface area contributed by atoms with Crippen molar-refractivity contribution >= 4 is 35.8 Å². The molecule has 23 heavy (non-hydrogen) atoms. The first kappa shape index (κ1) is 18.1. The molecule has 1 aromatic heterocycles. The van der Waals surface area contributed by atoms with Crippen LogP contribution in [0.3, 0.4) is 0 Å². The Morgan fingerprint density at radius 2 is 2.00 bits per heavy atom. The summed E-state index contributed by atoms with van der Waals surface area (Å²) >= 11 is 0. The van der Waals surface area contributed by atoms with Crippen LogP contribution >= 0.6 is 24.0 Å². The van der Waals surface area contributed by atoms with Crippen LogP contribution in [0.4, 0.5) is 0 Å². The highest BCUT2D eigenvalue weighted by Gasteiger charge is 2.27. The summed E-state index contributed by atoms with van der Waals surface area (Å²) in [6.07, 6.45) is 4.97. The first-order chi connectivity index (χ1) is 10.7. The summed E-state index contributed by atoms with van der Waals surface area (Å²) in [6.45, 7) is 5.60. The highest BCUT2D eigenvalue weighted by atomic mass is 127. The van der Waals surface area contributed by atoms with E-state index in [-0.39, 0.29) is 29.9 Å². The van der Waals surface area contributed by atoms with Gasteiger partial charge in [0, 0.05) is 52.1 Å². The molecule has 1 amide bonds. The summed E-state index contributed by atoms with van der Waals surface area (Å²) in [5.41, 5.74) is 0. The number of carbonyl (C=O) groups excluding carboxylic acids is 1. The van der Waals surface area contributed by atoms with E-state index in [1.807, 2.05) is 17.0 Å². The summed E-state index contributed by atoms with van der Waals surface area (Å²) in [5, 5.41) is 3.53. The zero-order valence-corrected chi connectivity index (χ0v) is 15.9. The van der Waals surface area contributed by atoms with E-state index in [9.17, 15) is 4.79 Å². The van der Waals surface area contributed by atoms with Crippen molar-refractivity contribution < 1.29 is 9.21 Å². The number of rotatable bonds is 4. The van der Waals surface area contributed by atoms with Gasteiger partial charge in [0.15, 0.2) is 5.96 Å². The molecule has 1 aliphatic heterocycles. The van der Waals surface area contributed by atoms with Crippen LogP contribution in [-0.4, -0.2) is 60.4 Å². The second-order valence-corrected chi connectivity index (χ2v) is 5.95. The van der Waals surface area contributed by atoms with E-state index in [4.69, 9.17) is 9.41 Å². The van der Waals surface area contributed by atoms with Gasteiger partial charge in [-0.1, -0.05) is 0 Å². The highest BCUT2D eigenvalue weighted by Crippen LogP contribution is 2.19. The van der Waals surface area contributed by atoms with E-state index >= 15 is 0 Å². The lowest BCUT2D eigenvalue weighted by atomic mass is 10.3. The third-order valence-corrected chi connectivity index (χ3v) is 4.13. The molecule has 0 bridgehead atoms. The number of guanidine groups is 1. The van der Waals surface area contributed by atoms with Crippen molar-refractivity contribution in [1.29, 1.82) is 0 Å². The molecule has 2 heterocycles. The molecule has 128 valence electrons. The van der Waals surface area contributed by atoms with E-state index in [0.29, 0.717) is 6.04 Å². The van der Waals surface area contributed by atoms with Crippen molar-refractivity contribution in [3.8, 4) is 0 Å². The van der Waals surface area contributed by atoms with E-state index in [0.717, 1.165) is 50.9 Å². The Balaban J connectivity index is 0.00000192. The summed E-state index contributed by atoms with van der Waals surface area (Å²) in [7, 11) is 0. The first-order valence-corrected chi connectivity index (χ1v) is 8.06. The molecule has 0 atom stereocenters. The number of halogens is 1. The van der Waals surface area contributed by atoms with Crippen LogP contribution in [0, 0.1) is 0 Å². The lowest BCUT2D eigenvalue weighted by Gasteiger charge is -2.36. The fourth-order valence-corrected chi connectivity index (χ4v) is 2.61.